The van der Waals surface area contributed by atoms with Crippen LogP contribution in [0.2, 0.25) is 0 Å². The van der Waals surface area contributed by atoms with Crippen molar-refractivity contribution in [2.45, 2.75) is 18.7 Å². The second-order valence-corrected chi connectivity index (χ2v) is 6.37. The molecule has 0 saturated carbocycles. The van der Waals surface area contributed by atoms with Gasteiger partial charge >= 0.3 is 0 Å². The van der Waals surface area contributed by atoms with Crippen molar-refractivity contribution in [1.29, 1.82) is 0 Å². The number of halogens is 4. The summed E-state index contributed by atoms with van der Waals surface area (Å²) >= 11 is 6.95. The van der Waals surface area contributed by atoms with Gasteiger partial charge in [-0.3, -0.25) is 0 Å². The van der Waals surface area contributed by atoms with Gasteiger partial charge in [0.05, 0.1) is 11.4 Å². The van der Waals surface area contributed by atoms with Gasteiger partial charge in [-0.15, -0.1) is 0 Å². The summed E-state index contributed by atoms with van der Waals surface area (Å²) in [4.78, 5) is -0.373. The van der Waals surface area contributed by atoms with Gasteiger partial charge in [-0.2, -0.15) is 0 Å². The Morgan fingerprint density at radius 1 is 1.10 bits per heavy atom. The number of ether oxygens (including phenoxy) is 1. The van der Waals surface area contributed by atoms with E-state index < -0.39 is 11.6 Å². The first-order valence-corrected chi connectivity index (χ1v) is 8.16. The summed E-state index contributed by atoms with van der Waals surface area (Å²) in [5.41, 5.74) is 1.67. The van der Waals surface area contributed by atoms with E-state index in [2.05, 4.69) is 31.9 Å². The van der Waals surface area contributed by atoms with Crippen molar-refractivity contribution in [3.63, 3.8) is 0 Å². The molecular formula is C16H14Br2F2O. The molecule has 0 saturated heterocycles. The van der Waals surface area contributed by atoms with Crippen molar-refractivity contribution < 1.29 is 13.5 Å². The number of rotatable bonds is 4. The molecule has 0 radical (unpaired) electrons. The second kappa shape index (κ2) is 6.88. The number of hydrogen-bond donors (Lipinski definition) is 0. The van der Waals surface area contributed by atoms with E-state index in [-0.39, 0.29) is 4.83 Å². The Labute approximate surface area is 139 Å². The van der Waals surface area contributed by atoms with Gasteiger partial charge in [0.25, 0.3) is 0 Å². The molecule has 2 aromatic carbocycles. The fourth-order valence-electron chi connectivity index (χ4n) is 2.01. The highest BCUT2D eigenvalue weighted by atomic mass is 79.9. The molecule has 0 bridgehead atoms. The minimum atomic E-state index is -0.569. The van der Waals surface area contributed by atoms with Gasteiger partial charge in [-0.1, -0.05) is 37.9 Å². The zero-order valence-electron chi connectivity index (χ0n) is 11.6. The topological polar surface area (TPSA) is 9.23 Å². The van der Waals surface area contributed by atoms with E-state index in [9.17, 15) is 8.78 Å². The molecule has 2 rings (SSSR count). The highest BCUT2D eigenvalue weighted by Crippen LogP contribution is 2.38. The molecule has 1 unspecified atom stereocenters. The highest BCUT2D eigenvalue weighted by molar-refractivity contribution is 9.11. The van der Waals surface area contributed by atoms with Gasteiger partial charge in [-0.05, 0) is 43.2 Å². The lowest BCUT2D eigenvalue weighted by atomic mass is 10.0. The molecule has 0 aromatic heterocycles. The minimum absolute atomic E-state index is 0.373. The van der Waals surface area contributed by atoms with Crippen LogP contribution in [0.4, 0.5) is 8.78 Å². The molecule has 0 aliphatic carbocycles. The quantitative estimate of drug-likeness (QED) is 0.559. The summed E-state index contributed by atoms with van der Waals surface area (Å²) < 4.78 is 33.6. The van der Waals surface area contributed by atoms with Crippen molar-refractivity contribution in [2.24, 2.45) is 0 Å². The van der Waals surface area contributed by atoms with Crippen molar-refractivity contribution in [3.05, 3.63) is 63.1 Å². The largest absolute Gasteiger partial charge is 0.494 e. The maximum absolute atomic E-state index is 14.0. The predicted molar refractivity (Wildman–Crippen MR) is 87.2 cm³/mol. The first-order chi connectivity index (χ1) is 9.93. The molecule has 21 heavy (non-hydrogen) atoms. The maximum Gasteiger partial charge on any atom is 0.130 e. The van der Waals surface area contributed by atoms with Crippen LogP contribution in [0.15, 0.2) is 34.8 Å². The molecule has 2 aromatic rings. The molecule has 5 heteroatoms. The summed E-state index contributed by atoms with van der Waals surface area (Å²) in [7, 11) is 0. The summed E-state index contributed by atoms with van der Waals surface area (Å²) in [6.45, 7) is 4.10. The zero-order chi connectivity index (χ0) is 15.6. The summed E-state index contributed by atoms with van der Waals surface area (Å²) in [5, 5.41) is 0. The van der Waals surface area contributed by atoms with Gasteiger partial charge in [0.15, 0.2) is 0 Å². The van der Waals surface area contributed by atoms with E-state index in [1.54, 1.807) is 6.92 Å². The van der Waals surface area contributed by atoms with Crippen LogP contribution in [-0.4, -0.2) is 6.61 Å². The zero-order valence-corrected chi connectivity index (χ0v) is 14.8. The van der Waals surface area contributed by atoms with E-state index >= 15 is 0 Å². The van der Waals surface area contributed by atoms with E-state index in [0.29, 0.717) is 17.7 Å². The number of benzene rings is 2. The molecule has 0 spiro atoms. The Hall–Kier alpha value is -0.940. The molecule has 112 valence electrons. The molecule has 0 aliphatic rings. The summed E-state index contributed by atoms with van der Waals surface area (Å²) in [6, 6.07) is 7.95. The SMILES string of the molecule is CCOc1ccc(C(Br)c2cc(C)c(F)cc2F)c(Br)c1. The third-order valence-electron chi connectivity index (χ3n) is 3.11. The van der Waals surface area contributed by atoms with Crippen LogP contribution >= 0.6 is 31.9 Å². The van der Waals surface area contributed by atoms with Crippen LogP contribution in [0.5, 0.6) is 5.75 Å². The average molecular weight is 420 g/mol. The Kier molecular flexibility index (Phi) is 5.38. The lowest BCUT2D eigenvalue weighted by Crippen LogP contribution is -2.01. The summed E-state index contributed by atoms with van der Waals surface area (Å²) in [6.07, 6.45) is 0. The van der Waals surface area contributed by atoms with Crippen LogP contribution in [0.1, 0.15) is 28.4 Å². The Balaban J connectivity index is 2.40. The van der Waals surface area contributed by atoms with Crippen molar-refractivity contribution >= 4 is 31.9 Å². The number of aryl methyl sites for hydroxylation is 1. The standard InChI is InChI=1S/C16H14Br2F2O/c1-3-21-10-4-5-11(13(17)7-10)16(18)12-6-9(2)14(19)8-15(12)20/h4-8,16H,3H2,1-2H3. The van der Waals surface area contributed by atoms with Crippen LogP contribution in [0, 0.1) is 18.6 Å². The second-order valence-electron chi connectivity index (χ2n) is 4.60. The number of hydrogen-bond acceptors (Lipinski definition) is 1. The molecule has 1 nitrogen and oxygen atoms in total. The Morgan fingerprint density at radius 3 is 2.43 bits per heavy atom. The lowest BCUT2D eigenvalue weighted by molar-refractivity contribution is 0.340. The first-order valence-electron chi connectivity index (χ1n) is 6.46. The van der Waals surface area contributed by atoms with E-state index in [1.807, 2.05) is 25.1 Å². The molecule has 1 atom stereocenters. The van der Waals surface area contributed by atoms with Crippen molar-refractivity contribution in [2.75, 3.05) is 6.61 Å². The Morgan fingerprint density at radius 2 is 1.81 bits per heavy atom. The van der Waals surface area contributed by atoms with Gasteiger partial charge in [0, 0.05) is 16.1 Å². The predicted octanol–water partition coefficient (Wildman–Crippen LogP) is 5.92. The number of alkyl halides is 1. The molecule has 0 N–H and O–H groups in total. The van der Waals surface area contributed by atoms with Crippen LogP contribution in [0.3, 0.4) is 0 Å². The fourth-order valence-corrected chi connectivity index (χ4v) is 3.66. The molecule has 0 heterocycles. The lowest BCUT2D eigenvalue weighted by Gasteiger charge is -2.15. The first kappa shape index (κ1) is 16.4. The van der Waals surface area contributed by atoms with Crippen molar-refractivity contribution in [1.82, 2.24) is 0 Å². The highest BCUT2D eigenvalue weighted by Gasteiger charge is 2.19. The van der Waals surface area contributed by atoms with Crippen LogP contribution < -0.4 is 4.74 Å². The minimum Gasteiger partial charge on any atom is -0.494 e. The van der Waals surface area contributed by atoms with Gasteiger partial charge < -0.3 is 4.74 Å². The smallest absolute Gasteiger partial charge is 0.130 e. The van der Waals surface area contributed by atoms with E-state index in [1.165, 1.54) is 6.07 Å². The van der Waals surface area contributed by atoms with Crippen molar-refractivity contribution in [3.8, 4) is 5.75 Å². The maximum atomic E-state index is 14.0. The van der Waals surface area contributed by atoms with E-state index in [0.717, 1.165) is 21.9 Å². The van der Waals surface area contributed by atoms with Crippen LogP contribution in [0.25, 0.3) is 0 Å². The molecule has 0 fully saturated rings. The molecule has 0 amide bonds. The molecular weight excluding hydrogens is 406 g/mol. The van der Waals surface area contributed by atoms with Gasteiger partial charge in [0.1, 0.15) is 17.4 Å². The van der Waals surface area contributed by atoms with Gasteiger partial charge in [0.2, 0.25) is 0 Å². The third kappa shape index (κ3) is 3.64. The summed E-state index contributed by atoms with van der Waals surface area (Å²) in [5.74, 6) is -0.369. The normalized spacial score (nSPS) is 12.3. The monoisotopic (exact) mass is 418 g/mol. The molecule has 0 aliphatic heterocycles. The van der Waals surface area contributed by atoms with Gasteiger partial charge in [-0.25, -0.2) is 8.78 Å². The average Bonchev–Trinajstić information content (AvgIpc) is 2.43. The third-order valence-corrected chi connectivity index (χ3v) is 4.78. The fraction of sp³-hybridized carbons (Fsp3) is 0.250. The van der Waals surface area contributed by atoms with E-state index in [4.69, 9.17) is 4.74 Å². The van der Waals surface area contributed by atoms with Crippen LogP contribution in [-0.2, 0) is 0 Å². The Bertz CT molecular complexity index is 659.